The lowest BCUT2D eigenvalue weighted by Gasteiger charge is -2.13. The predicted molar refractivity (Wildman–Crippen MR) is 90.7 cm³/mol. The lowest BCUT2D eigenvalue weighted by Crippen LogP contribution is -2.01. The summed E-state index contributed by atoms with van der Waals surface area (Å²) in [6.07, 6.45) is 0. The lowest BCUT2D eigenvalue weighted by molar-refractivity contribution is 0.626. The predicted octanol–water partition coefficient (Wildman–Crippen LogP) is 4.74. The first-order chi connectivity index (χ1) is 11.1. The summed E-state index contributed by atoms with van der Waals surface area (Å²) in [7, 11) is 0. The molecule has 1 N–H and O–H groups in total. The molecule has 0 atom stereocenters. The first kappa shape index (κ1) is 16.6. The molecule has 0 heterocycles. The first-order valence-electron chi connectivity index (χ1n) is 6.88. The van der Waals surface area contributed by atoms with Crippen molar-refractivity contribution in [2.75, 3.05) is 5.32 Å². The van der Waals surface area contributed by atoms with Gasteiger partial charge in [0.2, 0.25) is 0 Å². The fourth-order valence-corrected chi connectivity index (χ4v) is 2.82. The number of rotatable bonds is 5. The number of thioether (sulfide) groups is 1. The average Bonchev–Trinajstić information content (AvgIpc) is 2.55. The van der Waals surface area contributed by atoms with E-state index in [1.165, 1.54) is 23.9 Å². The smallest absolute Gasteiger partial charge is 0.159 e. The second kappa shape index (κ2) is 8.03. The molecule has 0 spiro atoms. The van der Waals surface area contributed by atoms with Crippen molar-refractivity contribution in [1.82, 2.24) is 0 Å². The van der Waals surface area contributed by atoms with Gasteiger partial charge in [-0.2, -0.15) is 10.5 Å². The Kier molecular flexibility index (Phi) is 5.80. The molecule has 23 heavy (non-hydrogen) atoms. The molecule has 0 aliphatic rings. The molecule has 0 saturated heterocycles. The molecule has 0 aliphatic carbocycles. The largest absolute Gasteiger partial charge is 0.348 e. The van der Waals surface area contributed by atoms with Gasteiger partial charge < -0.3 is 5.32 Å². The van der Waals surface area contributed by atoms with Gasteiger partial charge in [-0.1, -0.05) is 30.3 Å². The molecule has 0 fully saturated rings. The third kappa shape index (κ3) is 4.60. The van der Waals surface area contributed by atoms with E-state index in [0.717, 1.165) is 16.8 Å². The number of hydrogen-bond donors (Lipinski definition) is 1. The molecule has 0 unspecified atom stereocenters. The van der Waals surface area contributed by atoms with Gasteiger partial charge in [0, 0.05) is 11.4 Å². The summed E-state index contributed by atoms with van der Waals surface area (Å²) in [5.41, 5.74) is 2.63. The van der Waals surface area contributed by atoms with E-state index in [9.17, 15) is 4.39 Å². The highest BCUT2D eigenvalue weighted by molar-refractivity contribution is 8.02. The number of aryl methyl sites for hydroxylation is 1. The van der Waals surface area contributed by atoms with Gasteiger partial charge in [0.05, 0.1) is 0 Å². The second-order valence-electron chi connectivity index (χ2n) is 4.79. The van der Waals surface area contributed by atoms with Gasteiger partial charge in [0.15, 0.2) is 5.57 Å². The number of nitriles is 2. The zero-order valence-electron chi connectivity index (χ0n) is 12.5. The van der Waals surface area contributed by atoms with Gasteiger partial charge in [-0.15, -0.1) is 11.8 Å². The molecular formula is C18H14FN3S. The highest BCUT2D eigenvalue weighted by Crippen LogP contribution is 2.27. The zero-order valence-corrected chi connectivity index (χ0v) is 13.3. The minimum absolute atomic E-state index is 0.00894. The maximum absolute atomic E-state index is 13.2. The fourth-order valence-electron chi connectivity index (χ4n) is 1.92. The minimum atomic E-state index is -0.304. The molecule has 0 radical (unpaired) electrons. The molecule has 0 amide bonds. The van der Waals surface area contributed by atoms with Crippen LogP contribution in [0.15, 0.2) is 59.1 Å². The van der Waals surface area contributed by atoms with Crippen LogP contribution >= 0.6 is 11.8 Å². The Morgan fingerprint density at radius 3 is 2.52 bits per heavy atom. The van der Waals surface area contributed by atoms with Crippen LogP contribution in [0.25, 0.3) is 0 Å². The van der Waals surface area contributed by atoms with Crippen LogP contribution in [0.5, 0.6) is 0 Å². The Balaban J connectivity index is 2.23. The topological polar surface area (TPSA) is 59.6 Å². The van der Waals surface area contributed by atoms with Gasteiger partial charge >= 0.3 is 0 Å². The number of nitrogens with one attached hydrogen (secondary N) is 1. The highest BCUT2D eigenvalue weighted by atomic mass is 32.2. The molecule has 5 heteroatoms. The molecule has 114 valence electrons. The second-order valence-corrected chi connectivity index (χ2v) is 5.77. The van der Waals surface area contributed by atoms with Crippen LogP contribution in [-0.4, -0.2) is 0 Å². The van der Waals surface area contributed by atoms with Crippen LogP contribution < -0.4 is 5.32 Å². The average molecular weight is 323 g/mol. The van der Waals surface area contributed by atoms with Gasteiger partial charge in [0.1, 0.15) is 23.0 Å². The summed E-state index contributed by atoms with van der Waals surface area (Å²) in [5, 5.41) is 21.9. The number of anilines is 1. The normalized spacial score (nSPS) is 9.57. The summed E-state index contributed by atoms with van der Waals surface area (Å²) >= 11 is 1.30. The number of nitrogens with zero attached hydrogens (tertiary/aromatic N) is 2. The minimum Gasteiger partial charge on any atom is -0.348 e. The summed E-state index contributed by atoms with van der Waals surface area (Å²) in [5.74, 6) is 0.153. The van der Waals surface area contributed by atoms with Crippen molar-refractivity contribution in [2.24, 2.45) is 0 Å². The monoisotopic (exact) mass is 323 g/mol. The summed E-state index contributed by atoms with van der Waals surface area (Å²) < 4.78 is 13.2. The summed E-state index contributed by atoms with van der Waals surface area (Å²) in [6, 6.07) is 17.7. The van der Waals surface area contributed by atoms with E-state index in [2.05, 4.69) is 5.32 Å². The summed E-state index contributed by atoms with van der Waals surface area (Å²) in [6.45, 7) is 1.94. The quantitative estimate of drug-likeness (QED) is 0.808. The van der Waals surface area contributed by atoms with Gasteiger partial charge in [-0.3, -0.25) is 0 Å². The van der Waals surface area contributed by atoms with E-state index in [1.54, 1.807) is 12.1 Å². The van der Waals surface area contributed by atoms with Gasteiger partial charge in [-0.25, -0.2) is 4.39 Å². The molecule has 2 aromatic carbocycles. The van der Waals surface area contributed by atoms with E-state index in [1.807, 2.05) is 43.3 Å². The van der Waals surface area contributed by atoms with Crippen LogP contribution in [0.3, 0.4) is 0 Å². The Morgan fingerprint density at radius 2 is 1.87 bits per heavy atom. The van der Waals surface area contributed by atoms with Crippen LogP contribution in [-0.2, 0) is 5.75 Å². The SMILES string of the molecule is Cc1ccccc1NC(SCc1cccc(F)c1)=C(C#N)C#N. The number of hydrogen-bond acceptors (Lipinski definition) is 4. The third-order valence-corrected chi connectivity index (χ3v) is 4.19. The zero-order chi connectivity index (χ0) is 16.7. The molecule has 3 nitrogen and oxygen atoms in total. The van der Waals surface area contributed by atoms with E-state index in [4.69, 9.17) is 10.5 Å². The van der Waals surface area contributed by atoms with Crippen molar-refractivity contribution in [3.05, 3.63) is 76.1 Å². The van der Waals surface area contributed by atoms with Crippen molar-refractivity contribution in [3.8, 4) is 12.1 Å². The maximum atomic E-state index is 13.2. The Morgan fingerprint density at radius 1 is 1.13 bits per heavy atom. The molecule has 0 saturated carbocycles. The van der Waals surface area contributed by atoms with Crippen molar-refractivity contribution < 1.29 is 4.39 Å². The molecular weight excluding hydrogens is 309 g/mol. The third-order valence-electron chi connectivity index (χ3n) is 3.12. The van der Waals surface area contributed by atoms with Crippen molar-refractivity contribution in [1.29, 1.82) is 10.5 Å². The lowest BCUT2D eigenvalue weighted by atomic mass is 10.2. The standard InChI is InChI=1S/C18H14FN3S/c1-13-5-2-3-8-17(13)22-18(15(10-20)11-21)23-12-14-6-4-7-16(19)9-14/h2-9,22H,12H2,1H3. The van der Waals surface area contributed by atoms with Crippen LogP contribution in [0, 0.1) is 35.4 Å². The Labute approximate surface area is 139 Å². The first-order valence-corrected chi connectivity index (χ1v) is 7.87. The highest BCUT2D eigenvalue weighted by Gasteiger charge is 2.10. The van der Waals surface area contributed by atoms with Gasteiger partial charge in [0.25, 0.3) is 0 Å². The Bertz CT molecular complexity index is 800. The van der Waals surface area contributed by atoms with Crippen LogP contribution in [0.4, 0.5) is 10.1 Å². The van der Waals surface area contributed by atoms with Crippen molar-refractivity contribution >= 4 is 17.4 Å². The van der Waals surface area contributed by atoms with Crippen molar-refractivity contribution in [2.45, 2.75) is 12.7 Å². The number of para-hydroxylation sites is 1. The van der Waals surface area contributed by atoms with E-state index in [0.29, 0.717) is 10.8 Å². The molecule has 0 aliphatic heterocycles. The molecule has 0 aromatic heterocycles. The molecule has 2 rings (SSSR count). The molecule has 0 bridgehead atoms. The van der Waals surface area contributed by atoms with Gasteiger partial charge in [-0.05, 0) is 36.2 Å². The number of halogens is 1. The van der Waals surface area contributed by atoms with E-state index in [-0.39, 0.29) is 11.4 Å². The number of allylic oxidation sites excluding steroid dienone is 1. The maximum Gasteiger partial charge on any atom is 0.159 e. The number of benzene rings is 2. The van der Waals surface area contributed by atoms with E-state index >= 15 is 0 Å². The van der Waals surface area contributed by atoms with Crippen molar-refractivity contribution in [3.63, 3.8) is 0 Å². The molecule has 2 aromatic rings. The Hall–Kier alpha value is -2.76. The fraction of sp³-hybridized carbons (Fsp3) is 0.111. The summed E-state index contributed by atoms with van der Waals surface area (Å²) in [4.78, 5) is 0. The van der Waals surface area contributed by atoms with E-state index < -0.39 is 0 Å². The van der Waals surface area contributed by atoms with Crippen LogP contribution in [0.2, 0.25) is 0 Å². The van der Waals surface area contributed by atoms with Crippen LogP contribution in [0.1, 0.15) is 11.1 Å².